The van der Waals surface area contributed by atoms with Crippen LogP contribution in [-0.4, -0.2) is 52.3 Å². The Morgan fingerprint density at radius 2 is 1.86 bits per heavy atom. The molecule has 1 aromatic heterocycles. The maximum Gasteiger partial charge on any atom is 0.408 e. The highest BCUT2D eigenvalue weighted by Crippen LogP contribution is 2.29. The first-order valence-electron chi connectivity index (χ1n) is 11.6. The van der Waals surface area contributed by atoms with Crippen molar-refractivity contribution in [3.8, 4) is 5.75 Å². The smallest absolute Gasteiger partial charge is 0.408 e. The summed E-state index contributed by atoms with van der Waals surface area (Å²) in [4.78, 5) is 31.8. The van der Waals surface area contributed by atoms with Crippen molar-refractivity contribution in [2.24, 2.45) is 5.92 Å². The third kappa shape index (κ3) is 7.33. The third-order valence-electron chi connectivity index (χ3n) is 5.22. The second kappa shape index (κ2) is 10.6. The average molecular weight is 483 g/mol. The van der Waals surface area contributed by atoms with Crippen molar-refractivity contribution in [2.45, 2.75) is 51.7 Å². The molecule has 1 amide bonds. The zero-order valence-electron chi connectivity index (χ0n) is 20.1. The molecular formula is C25H30N4O6. The van der Waals surface area contributed by atoms with Gasteiger partial charge in [-0.1, -0.05) is 29.1 Å². The number of ether oxygens (including phenoxy) is 3. The van der Waals surface area contributed by atoms with Crippen LogP contribution in [0.1, 0.15) is 39.2 Å². The zero-order chi connectivity index (χ0) is 24.8. The number of nitrogens with one attached hydrogen (secondary N) is 1. The molecule has 0 aliphatic heterocycles. The van der Waals surface area contributed by atoms with E-state index in [0.29, 0.717) is 18.3 Å². The van der Waals surface area contributed by atoms with Crippen molar-refractivity contribution in [1.29, 1.82) is 0 Å². The number of esters is 1. The number of fused-ring (bicyclic) bond motifs is 1. The molecule has 1 aliphatic carbocycles. The molecule has 0 saturated heterocycles. The first-order valence-corrected chi connectivity index (χ1v) is 11.6. The normalized spacial score (nSPS) is 14.3. The van der Waals surface area contributed by atoms with E-state index in [0.717, 1.165) is 29.4 Å². The Bertz CT molecular complexity index is 1150. The lowest BCUT2D eigenvalue weighted by molar-refractivity contribution is -0.146. The summed E-state index contributed by atoms with van der Waals surface area (Å²) in [6.45, 7) is 5.60. The van der Waals surface area contributed by atoms with Crippen molar-refractivity contribution in [2.75, 3.05) is 13.4 Å². The Labute approximate surface area is 203 Å². The molecule has 10 heteroatoms. The van der Waals surface area contributed by atoms with Crippen molar-refractivity contribution in [1.82, 2.24) is 20.5 Å². The number of alkyl carbamates (subject to hydrolysis) is 1. The van der Waals surface area contributed by atoms with E-state index in [1.807, 2.05) is 36.4 Å². The van der Waals surface area contributed by atoms with E-state index in [-0.39, 0.29) is 13.2 Å². The van der Waals surface area contributed by atoms with Gasteiger partial charge in [-0.15, -0.1) is 5.10 Å². The van der Waals surface area contributed by atoms with Crippen molar-refractivity contribution < 1.29 is 28.6 Å². The van der Waals surface area contributed by atoms with E-state index in [1.54, 1.807) is 32.9 Å². The number of hydrogen-bond acceptors (Lipinski definition) is 8. The summed E-state index contributed by atoms with van der Waals surface area (Å²) in [6.07, 6.45) is 1.72. The minimum absolute atomic E-state index is 0.0665. The first kappa shape index (κ1) is 24.3. The molecule has 1 saturated carbocycles. The van der Waals surface area contributed by atoms with Crippen LogP contribution in [0.5, 0.6) is 5.75 Å². The van der Waals surface area contributed by atoms with E-state index in [1.165, 1.54) is 4.85 Å². The Morgan fingerprint density at radius 1 is 1.11 bits per heavy atom. The minimum Gasteiger partial charge on any atom is -0.464 e. The van der Waals surface area contributed by atoms with Crippen molar-refractivity contribution >= 4 is 23.1 Å². The Morgan fingerprint density at radius 3 is 2.57 bits per heavy atom. The molecule has 10 nitrogen and oxygen atoms in total. The number of aromatic nitrogens is 3. The number of carbonyl (C=O) groups is 2. The van der Waals surface area contributed by atoms with Gasteiger partial charge in [0.15, 0.2) is 0 Å². The van der Waals surface area contributed by atoms with Gasteiger partial charge in [0.1, 0.15) is 28.4 Å². The van der Waals surface area contributed by atoms with Gasteiger partial charge in [0.05, 0.1) is 6.61 Å². The van der Waals surface area contributed by atoms with Crippen LogP contribution in [0.25, 0.3) is 11.0 Å². The summed E-state index contributed by atoms with van der Waals surface area (Å²) >= 11 is 0. The molecule has 1 fully saturated rings. The van der Waals surface area contributed by atoms with Gasteiger partial charge < -0.3 is 24.4 Å². The highest BCUT2D eigenvalue weighted by molar-refractivity contribution is 5.81. The Hall–Kier alpha value is -3.82. The van der Waals surface area contributed by atoms with Crippen LogP contribution in [0.4, 0.5) is 4.79 Å². The van der Waals surface area contributed by atoms with Crippen LogP contribution in [0.3, 0.4) is 0 Å². The SMILES string of the molecule is CC(C)(C)OC(=O)NC(Cc1ccc(OCOn2nnc3ccccc32)cc1)C(=O)OCC1CC1. The fraction of sp³-hybridized carbons (Fsp3) is 0.440. The van der Waals surface area contributed by atoms with Crippen LogP contribution in [0, 0.1) is 5.92 Å². The van der Waals surface area contributed by atoms with Gasteiger partial charge in [0.2, 0.25) is 0 Å². The van der Waals surface area contributed by atoms with Crippen LogP contribution >= 0.6 is 0 Å². The summed E-state index contributed by atoms with van der Waals surface area (Å²) in [5.41, 5.74) is 1.61. The van der Waals surface area contributed by atoms with Gasteiger partial charge in [-0.25, -0.2) is 9.59 Å². The predicted molar refractivity (Wildman–Crippen MR) is 127 cm³/mol. The van der Waals surface area contributed by atoms with Gasteiger partial charge in [-0.3, -0.25) is 0 Å². The first-order chi connectivity index (χ1) is 16.8. The lowest BCUT2D eigenvalue weighted by atomic mass is 10.1. The van der Waals surface area contributed by atoms with Gasteiger partial charge in [0, 0.05) is 6.42 Å². The number of carbonyl (C=O) groups excluding carboxylic acids is 2. The maximum absolute atomic E-state index is 12.6. The van der Waals surface area contributed by atoms with Gasteiger partial charge >= 0.3 is 12.1 Å². The van der Waals surface area contributed by atoms with E-state index in [4.69, 9.17) is 19.0 Å². The van der Waals surface area contributed by atoms with Crippen LogP contribution in [-0.2, 0) is 20.7 Å². The lowest BCUT2D eigenvalue weighted by Gasteiger charge is -2.23. The number of rotatable bonds is 10. The average Bonchev–Trinajstić information content (AvgIpc) is 3.56. The summed E-state index contributed by atoms with van der Waals surface area (Å²) in [5, 5.41) is 10.6. The molecule has 1 unspecified atom stereocenters. The zero-order valence-corrected chi connectivity index (χ0v) is 20.1. The van der Waals surface area contributed by atoms with Crippen molar-refractivity contribution in [3.63, 3.8) is 0 Å². The van der Waals surface area contributed by atoms with Crippen LogP contribution < -0.4 is 14.9 Å². The summed E-state index contributed by atoms with van der Waals surface area (Å²) in [7, 11) is 0. The highest BCUT2D eigenvalue weighted by Gasteiger charge is 2.29. The monoisotopic (exact) mass is 482 g/mol. The Balaban J connectivity index is 1.32. The van der Waals surface area contributed by atoms with Crippen LogP contribution in [0.2, 0.25) is 0 Å². The molecule has 4 rings (SSSR count). The standard InChI is InChI=1S/C25H30N4O6/c1-25(2,3)35-24(31)26-21(23(30)32-15-18-8-9-18)14-17-10-12-19(13-11-17)33-16-34-29-22-7-5-4-6-20(22)27-28-29/h4-7,10-13,18,21H,8-9,14-16H2,1-3H3,(H,26,31). The molecule has 1 heterocycles. The number of hydrogen-bond donors (Lipinski definition) is 1. The predicted octanol–water partition coefficient (Wildman–Crippen LogP) is 3.29. The highest BCUT2D eigenvalue weighted by atomic mass is 16.8. The molecule has 2 aromatic carbocycles. The molecule has 1 aliphatic rings. The number of amides is 1. The lowest BCUT2D eigenvalue weighted by Crippen LogP contribution is -2.45. The molecule has 1 atom stereocenters. The molecular weight excluding hydrogens is 452 g/mol. The van der Waals surface area contributed by atoms with Crippen LogP contribution in [0.15, 0.2) is 48.5 Å². The number of para-hydroxylation sites is 1. The second-order valence-corrected chi connectivity index (χ2v) is 9.46. The molecule has 3 aromatic rings. The van der Waals surface area contributed by atoms with E-state index in [2.05, 4.69) is 15.6 Å². The van der Waals surface area contributed by atoms with Gasteiger partial charge in [-0.05, 0) is 74.6 Å². The fourth-order valence-corrected chi connectivity index (χ4v) is 3.27. The van der Waals surface area contributed by atoms with Gasteiger partial charge in [-0.2, -0.15) is 0 Å². The van der Waals surface area contributed by atoms with E-state index in [9.17, 15) is 9.59 Å². The van der Waals surface area contributed by atoms with Gasteiger partial charge in [0.25, 0.3) is 6.79 Å². The molecule has 186 valence electrons. The molecule has 0 bridgehead atoms. The molecule has 0 radical (unpaired) electrons. The topological polar surface area (TPSA) is 114 Å². The largest absolute Gasteiger partial charge is 0.464 e. The Kier molecular flexibility index (Phi) is 7.38. The maximum atomic E-state index is 12.6. The summed E-state index contributed by atoms with van der Waals surface area (Å²) < 4.78 is 16.4. The summed E-state index contributed by atoms with van der Waals surface area (Å²) in [6, 6.07) is 13.7. The second-order valence-electron chi connectivity index (χ2n) is 9.46. The molecule has 0 spiro atoms. The number of benzene rings is 2. The third-order valence-corrected chi connectivity index (χ3v) is 5.22. The van der Waals surface area contributed by atoms with E-state index < -0.39 is 23.7 Å². The van der Waals surface area contributed by atoms with E-state index >= 15 is 0 Å². The molecule has 35 heavy (non-hydrogen) atoms. The van der Waals surface area contributed by atoms with Crippen molar-refractivity contribution in [3.05, 3.63) is 54.1 Å². The quantitative estimate of drug-likeness (QED) is 0.346. The minimum atomic E-state index is -0.862. The fourth-order valence-electron chi connectivity index (χ4n) is 3.27. The molecule has 1 N–H and O–H groups in total. The number of nitrogens with zero attached hydrogens (tertiary/aromatic N) is 3. The summed E-state index contributed by atoms with van der Waals surface area (Å²) in [5.74, 6) is 0.526.